The van der Waals surface area contributed by atoms with Gasteiger partial charge in [0.25, 0.3) is 0 Å². The molecule has 0 aromatic heterocycles. The minimum Gasteiger partial charge on any atom is -0.598 e. The molecule has 4 aromatic rings. The summed E-state index contributed by atoms with van der Waals surface area (Å²) >= 11 is 0. The molecule has 6 nitrogen and oxygen atoms in total. The molecular formula is C45H63O6P2+. The van der Waals surface area contributed by atoms with Gasteiger partial charge in [-0.05, 0) is 60.5 Å². The summed E-state index contributed by atoms with van der Waals surface area (Å²) in [4.78, 5) is 23.8. The number of hydrogen-bond donors (Lipinski definition) is 1. The predicted molar refractivity (Wildman–Crippen MR) is 223 cm³/mol. The standard InChI is InChI=1S/C45H62O6P2/c1-3-4-5-6-7-8-9-10-11-12-13-14-15-25-35-49-37-42(48-2)38-50-53(46,47)51-41-28-26-27-40(36-41)39-52(43-29-19-16-20-30-43,44-31-21-17-22-32-44)45-33-23-18-24-34-45/h16-24,26-34,36,42H,3-15,25,35,37-39H2,1-2H3/p+1/t42-/m1/s1. The van der Waals surface area contributed by atoms with Crippen molar-refractivity contribution in [1.82, 2.24) is 0 Å². The van der Waals surface area contributed by atoms with E-state index >= 15 is 0 Å². The molecule has 8 heteroatoms. The van der Waals surface area contributed by atoms with Gasteiger partial charge in [-0.3, -0.25) is 4.52 Å². The summed E-state index contributed by atoms with van der Waals surface area (Å²) in [7, 11) is -5.03. The number of ether oxygens (including phenoxy) is 2. The number of rotatable bonds is 28. The predicted octanol–water partition coefficient (Wildman–Crippen LogP) is 10.1. The van der Waals surface area contributed by atoms with Crippen molar-refractivity contribution in [2.24, 2.45) is 0 Å². The van der Waals surface area contributed by atoms with E-state index in [0.717, 1.165) is 18.4 Å². The Bertz CT molecular complexity index is 1410. The first-order valence-electron chi connectivity index (χ1n) is 19.9. The van der Waals surface area contributed by atoms with E-state index in [1.54, 1.807) is 13.2 Å². The second-order valence-corrected chi connectivity index (χ2v) is 18.9. The third-order valence-electron chi connectivity index (χ3n) is 9.83. The van der Waals surface area contributed by atoms with Gasteiger partial charge < -0.3 is 14.4 Å². The Kier molecular flexibility index (Phi) is 20.1. The van der Waals surface area contributed by atoms with Crippen molar-refractivity contribution in [3.05, 3.63) is 121 Å². The van der Waals surface area contributed by atoms with Crippen LogP contribution in [0.5, 0.6) is 5.75 Å². The van der Waals surface area contributed by atoms with Crippen LogP contribution in [0.1, 0.15) is 102 Å². The van der Waals surface area contributed by atoms with E-state index in [1.807, 2.05) is 30.3 Å². The molecule has 0 radical (unpaired) electrons. The lowest BCUT2D eigenvalue weighted by Gasteiger charge is -2.28. The van der Waals surface area contributed by atoms with Gasteiger partial charge in [-0.1, -0.05) is 157 Å². The second kappa shape index (κ2) is 24.7. The zero-order valence-electron chi connectivity index (χ0n) is 32.2. The summed E-state index contributed by atoms with van der Waals surface area (Å²) < 4.78 is 22.3. The zero-order chi connectivity index (χ0) is 37.5. The molecular weight excluding hydrogens is 698 g/mol. The van der Waals surface area contributed by atoms with Gasteiger partial charge in [-0.2, -0.15) is 9.42 Å². The molecule has 0 aliphatic rings. The quantitative estimate of drug-likeness (QED) is 0.0459. The molecule has 288 valence electrons. The van der Waals surface area contributed by atoms with E-state index in [0.29, 0.717) is 12.8 Å². The second-order valence-electron chi connectivity index (χ2n) is 14.0. The van der Waals surface area contributed by atoms with E-state index in [1.165, 1.54) is 93.0 Å². The highest BCUT2D eigenvalue weighted by atomic mass is 31.2. The summed E-state index contributed by atoms with van der Waals surface area (Å²) in [5, 5.41) is 3.78. The van der Waals surface area contributed by atoms with Crippen LogP contribution < -0.4 is 25.3 Å². The average molecular weight is 762 g/mol. The van der Waals surface area contributed by atoms with Gasteiger partial charge in [0.1, 0.15) is 35.9 Å². The highest BCUT2D eigenvalue weighted by Gasteiger charge is 2.45. The molecule has 0 aliphatic heterocycles. The highest BCUT2D eigenvalue weighted by molar-refractivity contribution is 7.95. The monoisotopic (exact) mass is 761 g/mol. The van der Waals surface area contributed by atoms with Crippen LogP contribution in [0.3, 0.4) is 0 Å². The Morgan fingerprint density at radius 1 is 0.585 bits per heavy atom. The first kappa shape index (κ1) is 43.1. The first-order valence-corrected chi connectivity index (χ1v) is 23.3. The number of phosphoric ester groups is 1. The van der Waals surface area contributed by atoms with Crippen molar-refractivity contribution < 1.29 is 28.3 Å². The van der Waals surface area contributed by atoms with Crippen LogP contribution in [0.15, 0.2) is 115 Å². The van der Waals surface area contributed by atoms with E-state index in [9.17, 15) is 9.79 Å². The van der Waals surface area contributed by atoms with Crippen LogP contribution in [-0.2, 0) is 20.2 Å². The first-order chi connectivity index (χ1) is 26.0. The molecule has 0 spiro atoms. The fourth-order valence-electron chi connectivity index (χ4n) is 6.88. The Labute approximate surface area is 321 Å². The maximum atomic E-state index is 13.1. The van der Waals surface area contributed by atoms with E-state index in [4.69, 9.17) is 18.5 Å². The normalized spacial score (nSPS) is 13.4. The summed E-state index contributed by atoms with van der Waals surface area (Å²) in [6.45, 7) is 3.08. The smallest absolute Gasteiger partial charge is 0.426 e. The Morgan fingerprint density at radius 3 is 1.53 bits per heavy atom. The SMILES string of the molecule is CCCCCCCCCCCCCCCCOC[C@H](CO[P+]([O-])(O)Oc1cccc(C[P+](c2ccccc2)(c2ccccc2)c2ccccc2)c1)OC. The molecule has 0 amide bonds. The summed E-state index contributed by atoms with van der Waals surface area (Å²) in [6, 6.07) is 39.4. The largest absolute Gasteiger partial charge is 0.598 e. The van der Waals surface area contributed by atoms with Gasteiger partial charge in [0.2, 0.25) is 0 Å². The summed E-state index contributed by atoms with van der Waals surface area (Å²) in [5.74, 6) is 0.281. The van der Waals surface area contributed by atoms with Crippen LogP contribution in [0.2, 0.25) is 0 Å². The van der Waals surface area contributed by atoms with Crippen molar-refractivity contribution >= 4 is 31.3 Å². The van der Waals surface area contributed by atoms with Crippen molar-refractivity contribution in [2.75, 3.05) is 26.9 Å². The summed E-state index contributed by atoms with van der Waals surface area (Å²) in [5.41, 5.74) is 0.999. The molecule has 2 atom stereocenters. The van der Waals surface area contributed by atoms with Gasteiger partial charge in [-0.15, -0.1) is 0 Å². The fraction of sp³-hybridized carbons (Fsp3) is 0.467. The van der Waals surface area contributed by atoms with Crippen molar-refractivity contribution in [3.8, 4) is 5.75 Å². The van der Waals surface area contributed by atoms with Crippen LogP contribution in [0, 0.1) is 0 Å². The molecule has 53 heavy (non-hydrogen) atoms. The van der Waals surface area contributed by atoms with Gasteiger partial charge in [0, 0.05) is 13.7 Å². The van der Waals surface area contributed by atoms with E-state index in [-0.39, 0.29) is 19.0 Å². The topological polar surface area (TPSA) is 80.2 Å². The maximum Gasteiger partial charge on any atom is 0.426 e. The molecule has 1 unspecified atom stereocenters. The van der Waals surface area contributed by atoms with E-state index < -0.39 is 21.5 Å². The molecule has 0 heterocycles. The van der Waals surface area contributed by atoms with Crippen molar-refractivity contribution in [2.45, 2.75) is 109 Å². The lowest BCUT2D eigenvalue weighted by Crippen LogP contribution is -2.32. The van der Waals surface area contributed by atoms with Gasteiger partial charge >= 0.3 is 8.17 Å². The van der Waals surface area contributed by atoms with Crippen LogP contribution in [-0.4, -0.2) is 37.9 Å². The minimum absolute atomic E-state index is 0.118. The Hall–Kier alpha value is -2.66. The lowest BCUT2D eigenvalue weighted by atomic mass is 10.0. The maximum absolute atomic E-state index is 13.1. The lowest BCUT2D eigenvalue weighted by molar-refractivity contribution is -0.236. The average Bonchev–Trinajstić information content (AvgIpc) is 3.19. The third-order valence-corrected chi connectivity index (χ3v) is 15.1. The summed E-state index contributed by atoms with van der Waals surface area (Å²) in [6.07, 6.45) is 18.6. The van der Waals surface area contributed by atoms with Crippen LogP contribution in [0.4, 0.5) is 0 Å². The van der Waals surface area contributed by atoms with Gasteiger partial charge in [0.15, 0.2) is 5.75 Å². The number of hydrogen-bond acceptors (Lipinski definition) is 6. The molecule has 0 saturated carbocycles. The van der Waals surface area contributed by atoms with Crippen molar-refractivity contribution in [1.29, 1.82) is 0 Å². The number of benzene rings is 4. The molecule has 1 N–H and O–H groups in total. The molecule has 0 aliphatic carbocycles. The Morgan fingerprint density at radius 2 is 1.06 bits per heavy atom. The third kappa shape index (κ3) is 15.2. The van der Waals surface area contributed by atoms with Crippen molar-refractivity contribution in [3.63, 3.8) is 0 Å². The molecule has 0 fully saturated rings. The van der Waals surface area contributed by atoms with E-state index in [2.05, 4.69) is 85.8 Å². The molecule has 4 rings (SSSR count). The number of phosphoric acid groups is 1. The number of unbranched alkanes of at least 4 members (excludes halogenated alkanes) is 13. The zero-order valence-corrected chi connectivity index (χ0v) is 33.9. The minimum atomic E-state index is -4.43. The van der Waals surface area contributed by atoms with Gasteiger partial charge in [0.05, 0.1) is 12.8 Å². The Balaban J connectivity index is 1.22. The van der Waals surface area contributed by atoms with Crippen LogP contribution in [0.25, 0.3) is 0 Å². The molecule has 4 aromatic carbocycles. The van der Waals surface area contributed by atoms with Gasteiger partial charge in [-0.25, -0.2) is 0 Å². The fourth-order valence-corrected chi connectivity index (χ4v) is 11.9. The molecule has 0 saturated heterocycles. The van der Waals surface area contributed by atoms with Crippen LogP contribution >= 0.6 is 15.4 Å². The highest BCUT2D eigenvalue weighted by Crippen LogP contribution is 2.58. The molecule has 0 bridgehead atoms. The number of methoxy groups -OCH3 is 1.